The number of hydrogen-bond acceptors (Lipinski definition) is 3. The number of amides is 2. The molecule has 0 radical (unpaired) electrons. The molecule has 2 aromatic carbocycles. The minimum atomic E-state index is 0.0326. The average Bonchev–Trinajstić information content (AvgIpc) is 2.94. The fraction of sp³-hybridized carbons (Fsp3) is 0.364. The summed E-state index contributed by atoms with van der Waals surface area (Å²) in [5.74, 6) is 0.850. The average molecular weight is 366 g/mol. The minimum Gasteiger partial charge on any atom is -0.496 e. The number of ether oxygens (including phenoxy) is 1. The van der Waals surface area contributed by atoms with E-state index in [-0.39, 0.29) is 11.8 Å². The summed E-state index contributed by atoms with van der Waals surface area (Å²) >= 11 is 0. The molecule has 1 heterocycles. The number of benzene rings is 2. The summed E-state index contributed by atoms with van der Waals surface area (Å²) in [6.07, 6.45) is 1.10. The SMILES string of the molecule is COc1ccc(C)cc1CC(=O)N1CCCN(C(=O)c2ccccc2)CC1. The van der Waals surface area contributed by atoms with Crippen molar-refractivity contribution in [2.24, 2.45) is 0 Å². The summed E-state index contributed by atoms with van der Waals surface area (Å²) in [5.41, 5.74) is 2.71. The van der Waals surface area contributed by atoms with Crippen molar-refractivity contribution in [2.45, 2.75) is 19.8 Å². The van der Waals surface area contributed by atoms with Crippen LogP contribution in [0.15, 0.2) is 48.5 Å². The molecule has 0 saturated carbocycles. The molecule has 2 aromatic rings. The Bertz CT molecular complexity index is 804. The van der Waals surface area contributed by atoms with E-state index in [4.69, 9.17) is 4.74 Å². The number of rotatable bonds is 4. The first-order valence-corrected chi connectivity index (χ1v) is 9.34. The third kappa shape index (κ3) is 4.67. The van der Waals surface area contributed by atoms with Gasteiger partial charge in [0.25, 0.3) is 5.91 Å². The van der Waals surface area contributed by atoms with Crippen LogP contribution < -0.4 is 4.74 Å². The highest BCUT2D eigenvalue weighted by atomic mass is 16.5. The van der Waals surface area contributed by atoms with Gasteiger partial charge in [-0.1, -0.05) is 35.9 Å². The summed E-state index contributed by atoms with van der Waals surface area (Å²) in [6.45, 7) is 4.47. The molecule has 0 bridgehead atoms. The number of methoxy groups -OCH3 is 1. The van der Waals surface area contributed by atoms with Gasteiger partial charge >= 0.3 is 0 Å². The Labute approximate surface area is 160 Å². The summed E-state index contributed by atoms with van der Waals surface area (Å²) in [4.78, 5) is 29.2. The molecule has 142 valence electrons. The summed E-state index contributed by atoms with van der Waals surface area (Å²) in [5, 5.41) is 0. The minimum absolute atomic E-state index is 0.0326. The molecule has 0 unspecified atom stereocenters. The van der Waals surface area contributed by atoms with E-state index in [1.54, 1.807) is 7.11 Å². The van der Waals surface area contributed by atoms with E-state index in [0.29, 0.717) is 38.2 Å². The molecule has 2 amide bonds. The maximum atomic E-state index is 12.8. The number of carbonyl (C=O) groups is 2. The van der Waals surface area contributed by atoms with Crippen molar-refractivity contribution in [3.8, 4) is 5.75 Å². The van der Waals surface area contributed by atoms with Crippen LogP contribution >= 0.6 is 0 Å². The standard InChI is InChI=1S/C22H26N2O3/c1-17-9-10-20(27-2)19(15-17)16-21(25)23-11-6-12-24(14-13-23)22(26)18-7-4-3-5-8-18/h3-5,7-10,15H,6,11-14,16H2,1-2H3. The molecule has 0 aromatic heterocycles. The van der Waals surface area contributed by atoms with Gasteiger partial charge < -0.3 is 14.5 Å². The van der Waals surface area contributed by atoms with Gasteiger partial charge in [0.15, 0.2) is 0 Å². The Morgan fingerprint density at radius 3 is 2.41 bits per heavy atom. The first-order chi connectivity index (χ1) is 13.1. The molecule has 5 heteroatoms. The van der Waals surface area contributed by atoms with Crippen LogP contribution in [-0.2, 0) is 11.2 Å². The molecule has 1 aliphatic rings. The zero-order chi connectivity index (χ0) is 19.2. The second-order valence-corrected chi connectivity index (χ2v) is 6.88. The second kappa shape index (κ2) is 8.71. The van der Waals surface area contributed by atoms with Crippen molar-refractivity contribution in [2.75, 3.05) is 33.3 Å². The molecule has 0 spiro atoms. The molecule has 0 N–H and O–H groups in total. The lowest BCUT2D eigenvalue weighted by molar-refractivity contribution is -0.130. The normalized spacial score (nSPS) is 14.6. The molecule has 0 aliphatic carbocycles. The van der Waals surface area contributed by atoms with Gasteiger partial charge in [-0.25, -0.2) is 0 Å². The van der Waals surface area contributed by atoms with E-state index in [1.165, 1.54) is 0 Å². The van der Waals surface area contributed by atoms with Crippen molar-refractivity contribution in [3.63, 3.8) is 0 Å². The van der Waals surface area contributed by atoms with E-state index in [1.807, 2.05) is 65.3 Å². The summed E-state index contributed by atoms with van der Waals surface area (Å²) in [6, 6.07) is 15.2. The van der Waals surface area contributed by atoms with Gasteiger partial charge in [-0.05, 0) is 31.5 Å². The van der Waals surface area contributed by atoms with Gasteiger partial charge in [0.2, 0.25) is 5.91 Å². The van der Waals surface area contributed by atoms with Crippen LogP contribution in [-0.4, -0.2) is 54.9 Å². The highest BCUT2D eigenvalue weighted by Crippen LogP contribution is 2.21. The van der Waals surface area contributed by atoms with Crippen molar-refractivity contribution < 1.29 is 14.3 Å². The zero-order valence-electron chi connectivity index (χ0n) is 16.0. The summed E-state index contributed by atoms with van der Waals surface area (Å²) in [7, 11) is 1.62. The molecule has 0 atom stereocenters. The fourth-order valence-electron chi connectivity index (χ4n) is 3.45. The third-order valence-corrected chi connectivity index (χ3v) is 4.93. The molecule has 27 heavy (non-hydrogen) atoms. The van der Waals surface area contributed by atoms with Gasteiger partial charge in [-0.15, -0.1) is 0 Å². The Balaban J connectivity index is 1.63. The molecular formula is C22H26N2O3. The van der Waals surface area contributed by atoms with Crippen molar-refractivity contribution in [1.29, 1.82) is 0 Å². The molecule has 1 fully saturated rings. The molecule has 5 nitrogen and oxygen atoms in total. The maximum absolute atomic E-state index is 12.8. The monoisotopic (exact) mass is 366 g/mol. The van der Waals surface area contributed by atoms with Crippen LogP contribution in [0.3, 0.4) is 0 Å². The predicted octanol–water partition coefficient (Wildman–Crippen LogP) is 2.92. The summed E-state index contributed by atoms with van der Waals surface area (Å²) < 4.78 is 5.39. The Hall–Kier alpha value is -2.82. The van der Waals surface area contributed by atoms with Crippen molar-refractivity contribution >= 4 is 11.8 Å². The van der Waals surface area contributed by atoms with E-state index >= 15 is 0 Å². The highest BCUT2D eigenvalue weighted by molar-refractivity contribution is 5.94. The quantitative estimate of drug-likeness (QED) is 0.836. The first-order valence-electron chi connectivity index (χ1n) is 9.34. The topological polar surface area (TPSA) is 49.9 Å². The van der Waals surface area contributed by atoms with E-state index in [0.717, 1.165) is 23.3 Å². The van der Waals surface area contributed by atoms with Gasteiger partial charge in [0.05, 0.1) is 13.5 Å². The van der Waals surface area contributed by atoms with Crippen LogP contribution in [0, 0.1) is 6.92 Å². The zero-order valence-corrected chi connectivity index (χ0v) is 16.0. The predicted molar refractivity (Wildman–Crippen MR) is 105 cm³/mol. The van der Waals surface area contributed by atoms with Crippen LogP contribution in [0.1, 0.15) is 27.9 Å². The van der Waals surface area contributed by atoms with Crippen molar-refractivity contribution in [3.05, 3.63) is 65.2 Å². The lowest BCUT2D eigenvalue weighted by atomic mass is 10.1. The van der Waals surface area contributed by atoms with Gasteiger partial charge in [-0.2, -0.15) is 0 Å². The second-order valence-electron chi connectivity index (χ2n) is 6.88. The van der Waals surface area contributed by atoms with Gasteiger partial charge in [-0.3, -0.25) is 9.59 Å². The van der Waals surface area contributed by atoms with Gasteiger partial charge in [0.1, 0.15) is 5.75 Å². The Morgan fingerprint density at radius 1 is 0.963 bits per heavy atom. The van der Waals surface area contributed by atoms with Crippen LogP contribution in [0.2, 0.25) is 0 Å². The van der Waals surface area contributed by atoms with E-state index < -0.39 is 0 Å². The van der Waals surface area contributed by atoms with Gasteiger partial charge in [0, 0.05) is 37.3 Å². The number of nitrogens with zero attached hydrogens (tertiary/aromatic N) is 2. The van der Waals surface area contributed by atoms with Crippen molar-refractivity contribution in [1.82, 2.24) is 9.80 Å². The lowest BCUT2D eigenvalue weighted by Gasteiger charge is -2.22. The number of aryl methyl sites for hydroxylation is 1. The van der Waals surface area contributed by atoms with Crippen LogP contribution in [0.25, 0.3) is 0 Å². The largest absolute Gasteiger partial charge is 0.496 e. The van der Waals surface area contributed by atoms with Crippen LogP contribution in [0.4, 0.5) is 0 Å². The molecule has 3 rings (SSSR count). The number of carbonyl (C=O) groups excluding carboxylic acids is 2. The Morgan fingerprint density at radius 2 is 1.67 bits per heavy atom. The maximum Gasteiger partial charge on any atom is 0.253 e. The molecule has 1 aliphatic heterocycles. The fourth-order valence-corrected chi connectivity index (χ4v) is 3.45. The van der Waals surface area contributed by atoms with Crippen LogP contribution in [0.5, 0.6) is 5.75 Å². The first kappa shape index (κ1) is 19.0. The molecule has 1 saturated heterocycles. The smallest absolute Gasteiger partial charge is 0.253 e. The number of hydrogen-bond donors (Lipinski definition) is 0. The molecular weight excluding hydrogens is 340 g/mol. The Kier molecular flexibility index (Phi) is 6.12. The lowest BCUT2D eigenvalue weighted by Crippen LogP contribution is -2.38. The van der Waals surface area contributed by atoms with E-state index in [9.17, 15) is 9.59 Å². The van der Waals surface area contributed by atoms with E-state index in [2.05, 4.69) is 0 Å². The third-order valence-electron chi connectivity index (χ3n) is 4.93. The highest BCUT2D eigenvalue weighted by Gasteiger charge is 2.23.